The molecule has 3 heteroatoms. The van der Waals surface area contributed by atoms with Crippen LogP contribution in [0.5, 0.6) is 0 Å². The van der Waals surface area contributed by atoms with Crippen LogP contribution in [0.15, 0.2) is 18.2 Å². The van der Waals surface area contributed by atoms with Crippen LogP contribution in [0, 0.1) is 12.7 Å². The SMILES string of the molecule is CCCNC(Cc1cc(F)ccc1C)CC(C)(C)OC. The number of nitrogens with one attached hydrogen (secondary N) is 1. The first-order chi connectivity index (χ1) is 9.38. The van der Waals surface area contributed by atoms with Crippen LogP contribution in [0.25, 0.3) is 0 Å². The molecule has 0 aliphatic rings. The fraction of sp³-hybridized carbons (Fsp3) is 0.647. The third-order valence-electron chi connectivity index (χ3n) is 3.75. The van der Waals surface area contributed by atoms with Crippen molar-refractivity contribution in [1.29, 1.82) is 0 Å². The Kier molecular flexibility index (Phi) is 6.63. The lowest BCUT2D eigenvalue weighted by molar-refractivity contribution is 0.00713. The average Bonchev–Trinajstić information content (AvgIpc) is 2.40. The van der Waals surface area contributed by atoms with Gasteiger partial charge >= 0.3 is 0 Å². The first-order valence-electron chi connectivity index (χ1n) is 7.41. The second kappa shape index (κ2) is 7.75. The van der Waals surface area contributed by atoms with Crippen LogP contribution in [0.2, 0.25) is 0 Å². The predicted molar refractivity (Wildman–Crippen MR) is 82.6 cm³/mol. The first kappa shape index (κ1) is 17.1. The summed E-state index contributed by atoms with van der Waals surface area (Å²) in [5.74, 6) is -0.161. The van der Waals surface area contributed by atoms with Crippen molar-refractivity contribution in [2.45, 2.75) is 58.6 Å². The molecule has 2 nitrogen and oxygen atoms in total. The van der Waals surface area contributed by atoms with Crippen molar-refractivity contribution in [3.05, 3.63) is 35.1 Å². The van der Waals surface area contributed by atoms with Crippen LogP contribution in [0.4, 0.5) is 4.39 Å². The van der Waals surface area contributed by atoms with Crippen molar-refractivity contribution in [1.82, 2.24) is 5.32 Å². The number of rotatable bonds is 8. The Morgan fingerprint density at radius 2 is 2.05 bits per heavy atom. The number of methoxy groups -OCH3 is 1. The van der Waals surface area contributed by atoms with E-state index < -0.39 is 0 Å². The maximum Gasteiger partial charge on any atom is 0.123 e. The lowest BCUT2D eigenvalue weighted by Gasteiger charge is -2.29. The molecule has 0 amide bonds. The van der Waals surface area contributed by atoms with Gasteiger partial charge in [0, 0.05) is 13.2 Å². The number of ether oxygens (including phenoxy) is 1. The quantitative estimate of drug-likeness (QED) is 0.781. The summed E-state index contributed by atoms with van der Waals surface area (Å²) in [4.78, 5) is 0. The van der Waals surface area contributed by atoms with Gasteiger partial charge in [-0.1, -0.05) is 13.0 Å². The zero-order valence-electron chi connectivity index (χ0n) is 13.4. The van der Waals surface area contributed by atoms with E-state index in [0.717, 1.165) is 36.9 Å². The minimum absolute atomic E-state index is 0.161. The van der Waals surface area contributed by atoms with E-state index in [1.54, 1.807) is 13.2 Å². The molecular formula is C17H28FNO. The van der Waals surface area contributed by atoms with E-state index in [-0.39, 0.29) is 11.4 Å². The molecule has 1 aromatic rings. The summed E-state index contributed by atoms with van der Waals surface area (Å²) in [6, 6.07) is 5.32. The smallest absolute Gasteiger partial charge is 0.123 e. The molecule has 1 unspecified atom stereocenters. The molecule has 1 N–H and O–H groups in total. The summed E-state index contributed by atoms with van der Waals surface area (Å²) in [5, 5.41) is 3.55. The predicted octanol–water partition coefficient (Wildman–Crippen LogP) is 3.86. The van der Waals surface area contributed by atoms with Crippen LogP contribution in [-0.4, -0.2) is 25.3 Å². The summed E-state index contributed by atoms with van der Waals surface area (Å²) in [5.41, 5.74) is 2.04. The zero-order valence-corrected chi connectivity index (χ0v) is 13.4. The van der Waals surface area contributed by atoms with Gasteiger partial charge < -0.3 is 10.1 Å². The summed E-state index contributed by atoms with van der Waals surface area (Å²) in [6.07, 6.45) is 2.82. The van der Waals surface area contributed by atoms with E-state index >= 15 is 0 Å². The van der Waals surface area contributed by atoms with Crippen molar-refractivity contribution in [3.63, 3.8) is 0 Å². The van der Waals surface area contributed by atoms with Crippen LogP contribution in [0.1, 0.15) is 44.7 Å². The summed E-state index contributed by atoms with van der Waals surface area (Å²) < 4.78 is 18.9. The molecule has 0 aromatic heterocycles. The van der Waals surface area contributed by atoms with Gasteiger partial charge in [-0.3, -0.25) is 0 Å². The number of hydrogen-bond acceptors (Lipinski definition) is 2. The van der Waals surface area contributed by atoms with E-state index in [9.17, 15) is 4.39 Å². The second-order valence-electron chi connectivity index (χ2n) is 6.09. The molecule has 0 aliphatic carbocycles. The van der Waals surface area contributed by atoms with Gasteiger partial charge in [-0.15, -0.1) is 0 Å². The maximum absolute atomic E-state index is 13.4. The Hall–Kier alpha value is -0.930. The lowest BCUT2D eigenvalue weighted by Crippen LogP contribution is -2.39. The van der Waals surface area contributed by atoms with Crippen LogP contribution < -0.4 is 5.32 Å². The minimum Gasteiger partial charge on any atom is -0.379 e. The highest BCUT2D eigenvalue weighted by Crippen LogP contribution is 2.20. The van der Waals surface area contributed by atoms with Gasteiger partial charge in [0.05, 0.1) is 5.60 Å². The van der Waals surface area contributed by atoms with Crippen LogP contribution in [-0.2, 0) is 11.2 Å². The third-order valence-corrected chi connectivity index (χ3v) is 3.75. The fourth-order valence-electron chi connectivity index (χ4n) is 2.37. The Bertz CT molecular complexity index is 417. The lowest BCUT2D eigenvalue weighted by atomic mass is 9.92. The van der Waals surface area contributed by atoms with E-state index in [2.05, 4.69) is 26.1 Å². The van der Waals surface area contributed by atoms with E-state index in [1.807, 2.05) is 13.0 Å². The van der Waals surface area contributed by atoms with Gasteiger partial charge in [-0.25, -0.2) is 4.39 Å². The van der Waals surface area contributed by atoms with Crippen molar-refractivity contribution in [2.24, 2.45) is 0 Å². The summed E-state index contributed by atoms with van der Waals surface area (Å²) in [6.45, 7) is 9.34. The van der Waals surface area contributed by atoms with Crippen LogP contribution >= 0.6 is 0 Å². The molecule has 0 bridgehead atoms. The standard InChI is InChI=1S/C17H28FNO/c1-6-9-19-16(12-17(3,4)20-5)11-14-10-15(18)8-7-13(14)2/h7-8,10,16,19H,6,9,11-12H2,1-5H3. The topological polar surface area (TPSA) is 21.3 Å². The highest BCUT2D eigenvalue weighted by Gasteiger charge is 2.23. The monoisotopic (exact) mass is 281 g/mol. The molecule has 1 rings (SSSR count). The molecule has 0 radical (unpaired) electrons. The number of halogens is 1. The van der Waals surface area contributed by atoms with E-state index in [0.29, 0.717) is 6.04 Å². The molecule has 20 heavy (non-hydrogen) atoms. The van der Waals surface area contributed by atoms with Gasteiger partial charge in [-0.2, -0.15) is 0 Å². The summed E-state index contributed by atoms with van der Waals surface area (Å²) in [7, 11) is 1.74. The Labute approximate surface area is 122 Å². The van der Waals surface area contributed by atoms with Crippen molar-refractivity contribution >= 4 is 0 Å². The Morgan fingerprint density at radius 1 is 1.35 bits per heavy atom. The number of hydrogen-bond donors (Lipinski definition) is 1. The molecular weight excluding hydrogens is 253 g/mol. The molecule has 0 saturated carbocycles. The Balaban J connectivity index is 2.80. The van der Waals surface area contributed by atoms with Gasteiger partial charge in [0.25, 0.3) is 0 Å². The molecule has 0 fully saturated rings. The van der Waals surface area contributed by atoms with Crippen molar-refractivity contribution in [3.8, 4) is 0 Å². The highest BCUT2D eigenvalue weighted by molar-refractivity contribution is 5.27. The molecule has 0 heterocycles. The van der Waals surface area contributed by atoms with Gasteiger partial charge in [0.1, 0.15) is 5.82 Å². The van der Waals surface area contributed by atoms with Gasteiger partial charge in [0.2, 0.25) is 0 Å². The molecule has 114 valence electrons. The van der Waals surface area contributed by atoms with E-state index in [4.69, 9.17) is 4.74 Å². The molecule has 1 atom stereocenters. The second-order valence-corrected chi connectivity index (χ2v) is 6.09. The maximum atomic E-state index is 13.4. The number of benzene rings is 1. The van der Waals surface area contributed by atoms with Crippen molar-refractivity contribution in [2.75, 3.05) is 13.7 Å². The average molecular weight is 281 g/mol. The largest absolute Gasteiger partial charge is 0.379 e. The first-order valence-corrected chi connectivity index (χ1v) is 7.41. The van der Waals surface area contributed by atoms with Gasteiger partial charge in [-0.05, 0) is 69.8 Å². The fourth-order valence-corrected chi connectivity index (χ4v) is 2.37. The Morgan fingerprint density at radius 3 is 2.65 bits per heavy atom. The number of aryl methyl sites for hydroxylation is 1. The molecule has 0 aliphatic heterocycles. The third kappa shape index (κ3) is 5.59. The highest BCUT2D eigenvalue weighted by atomic mass is 19.1. The van der Waals surface area contributed by atoms with Gasteiger partial charge in [0.15, 0.2) is 0 Å². The van der Waals surface area contributed by atoms with Crippen molar-refractivity contribution < 1.29 is 9.13 Å². The summed E-state index contributed by atoms with van der Waals surface area (Å²) >= 11 is 0. The van der Waals surface area contributed by atoms with E-state index in [1.165, 1.54) is 6.07 Å². The zero-order chi connectivity index (χ0) is 15.2. The minimum atomic E-state index is -0.174. The van der Waals surface area contributed by atoms with Crippen LogP contribution in [0.3, 0.4) is 0 Å². The normalized spacial score (nSPS) is 13.5. The molecule has 1 aromatic carbocycles. The molecule has 0 saturated heterocycles. The molecule has 0 spiro atoms.